The molecule has 0 spiro atoms. The van der Waals surface area contributed by atoms with E-state index in [0.29, 0.717) is 11.4 Å². The molecular formula is C10H14N4O2. The van der Waals surface area contributed by atoms with Crippen LogP contribution in [0.5, 0.6) is 5.75 Å². The largest absolute Gasteiger partial charge is 0.482 e. The summed E-state index contributed by atoms with van der Waals surface area (Å²) in [4.78, 5) is 13.0. The van der Waals surface area contributed by atoms with Crippen molar-refractivity contribution in [1.82, 2.24) is 5.43 Å². The van der Waals surface area contributed by atoms with Crippen LogP contribution in [0.1, 0.15) is 11.7 Å². The number of nitrogens with one attached hydrogen (secondary N) is 1. The molecule has 1 amide bonds. The van der Waals surface area contributed by atoms with Gasteiger partial charge in [0.1, 0.15) is 5.75 Å². The quantitative estimate of drug-likeness (QED) is 0.355. The van der Waals surface area contributed by atoms with Crippen LogP contribution < -0.4 is 26.6 Å². The van der Waals surface area contributed by atoms with Crippen LogP contribution in [0, 0.1) is 0 Å². The fraction of sp³-hybridized carbons (Fsp3) is 0.300. The maximum absolute atomic E-state index is 11.4. The Morgan fingerprint density at radius 2 is 2.31 bits per heavy atom. The minimum absolute atomic E-state index is 0.0735. The van der Waals surface area contributed by atoms with Crippen molar-refractivity contribution in [2.24, 2.45) is 11.6 Å². The number of fused-ring (bicyclic) bond motifs is 1. The maximum atomic E-state index is 11.4. The van der Waals surface area contributed by atoms with Gasteiger partial charge in [0.15, 0.2) is 6.61 Å². The maximum Gasteiger partial charge on any atom is 0.264 e. The van der Waals surface area contributed by atoms with Crippen molar-refractivity contribution >= 4 is 11.6 Å². The van der Waals surface area contributed by atoms with Gasteiger partial charge in [-0.3, -0.25) is 10.6 Å². The lowest BCUT2D eigenvalue weighted by molar-refractivity contribution is -0.120. The molecule has 16 heavy (non-hydrogen) atoms. The Hall–Kier alpha value is -1.63. The predicted octanol–water partition coefficient (Wildman–Crippen LogP) is -0.538. The molecule has 2 rings (SSSR count). The first-order chi connectivity index (χ1) is 7.63. The minimum atomic E-state index is -0.462. The van der Waals surface area contributed by atoms with E-state index >= 15 is 0 Å². The van der Waals surface area contributed by atoms with E-state index in [-0.39, 0.29) is 12.5 Å². The minimum Gasteiger partial charge on any atom is -0.482 e. The van der Waals surface area contributed by atoms with Gasteiger partial charge in [-0.25, -0.2) is 5.43 Å². The second kappa shape index (κ2) is 4.09. The Kier molecular flexibility index (Phi) is 2.78. The highest BCUT2D eigenvalue weighted by molar-refractivity contribution is 5.97. The van der Waals surface area contributed by atoms with Gasteiger partial charge in [0.25, 0.3) is 5.91 Å². The van der Waals surface area contributed by atoms with Crippen LogP contribution >= 0.6 is 0 Å². The van der Waals surface area contributed by atoms with Crippen LogP contribution in [-0.2, 0) is 4.79 Å². The monoisotopic (exact) mass is 222 g/mol. The number of carbonyl (C=O) groups excluding carboxylic acids is 1. The fourth-order valence-electron chi connectivity index (χ4n) is 1.58. The first-order valence-corrected chi connectivity index (χ1v) is 4.88. The SMILES string of the molecule is CN1C(=O)COc2ccc(C(N)NN)cc21. The smallest absolute Gasteiger partial charge is 0.264 e. The summed E-state index contributed by atoms with van der Waals surface area (Å²) < 4.78 is 5.29. The number of nitrogens with two attached hydrogens (primary N) is 2. The van der Waals surface area contributed by atoms with Crippen LogP contribution in [0.25, 0.3) is 0 Å². The average molecular weight is 222 g/mol. The first-order valence-electron chi connectivity index (χ1n) is 4.88. The van der Waals surface area contributed by atoms with Gasteiger partial charge in [0, 0.05) is 7.05 Å². The Morgan fingerprint density at radius 3 is 3.00 bits per heavy atom. The van der Waals surface area contributed by atoms with Crippen molar-refractivity contribution in [2.45, 2.75) is 6.17 Å². The van der Waals surface area contributed by atoms with Crippen LogP contribution in [0.3, 0.4) is 0 Å². The number of hydrogen-bond donors (Lipinski definition) is 3. The summed E-state index contributed by atoms with van der Waals surface area (Å²) in [6.07, 6.45) is -0.462. The molecule has 1 aliphatic heterocycles. The van der Waals surface area contributed by atoms with Gasteiger partial charge in [0.2, 0.25) is 0 Å². The van der Waals surface area contributed by atoms with Crippen LogP contribution in [0.4, 0.5) is 5.69 Å². The summed E-state index contributed by atoms with van der Waals surface area (Å²) in [5, 5.41) is 0. The van der Waals surface area contributed by atoms with Crippen molar-refractivity contribution in [3.8, 4) is 5.75 Å². The topological polar surface area (TPSA) is 93.6 Å². The molecule has 0 aromatic heterocycles. The number of carbonyl (C=O) groups is 1. The van der Waals surface area contributed by atoms with Crippen LogP contribution in [-0.4, -0.2) is 19.6 Å². The zero-order valence-corrected chi connectivity index (χ0v) is 8.93. The van der Waals surface area contributed by atoms with Gasteiger partial charge in [-0.1, -0.05) is 6.07 Å². The highest BCUT2D eigenvalue weighted by atomic mass is 16.5. The van der Waals surface area contributed by atoms with Crippen molar-refractivity contribution in [1.29, 1.82) is 0 Å². The summed E-state index contributed by atoms with van der Waals surface area (Å²) in [5.74, 6) is 5.85. The number of rotatable bonds is 2. The number of anilines is 1. The zero-order chi connectivity index (χ0) is 11.7. The lowest BCUT2D eigenvalue weighted by Gasteiger charge is -2.27. The fourth-order valence-corrected chi connectivity index (χ4v) is 1.58. The molecule has 6 nitrogen and oxygen atoms in total. The summed E-state index contributed by atoms with van der Waals surface area (Å²) in [7, 11) is 1.70. The Morgan fingerprint density at radius 1 is 1.56 bits per heavy atom. The highest BCUT2D eigenvalue weighted by Gasteiger charge is 2.22. The number of ether oxygens (including phenoxy) is 1. The van der Waals surface area contributed by atoms with Gasteiger partial charge in [-0.05, 0) is 17.7 Å². The van der Waals surface area contributed by atoms with Gasteiger partial charge in [-0.2, -0.15) is 0 Å². The number of hydrogen-bond acceptors (Lipinski definition) is 5. The van der Waals surface area contributed by atoms with Gasteiger partial charge >= 0.3 is 0 Å². The molecule has 0 saturated heterocycles. The molecule has 0 radical (unpaired) electrons. The molecule has 5 N–H and O–H groups in total. The van der Waals surface area contributed by atoms with E-state index in [1.54, 1.807) is 24.1 Å². The van der Waals surface area contributed by atoms with Gasteiger partial charge in [-0.15, -0.1) is 0 Å². The van der Waals surface area contributed by atoms with Crippen molar-refractivity contribution in [3.05, 3.63) is 23.8 Å². The summed E-state index contributed by atoms with van der Waals surface area (Å²) in [6.45, 7) is 0.0735. The van der Waals surface area contributed by atoms with Crippen molar-refractivity contribution < 1.29 is 9.53 Å². The molecule has 6 heteroatoms. The number of likely N-dealkylation sites (N-methyl/N-ethyl adjacent to an activating group) is 1. The number of nitrogens with zero attached hydrogens (tertiary/aromatic N) is 1. The summed E-state index contributed by atoms with van der Waals surface area (Å²) in [6, 6.07) is 5.38. The molecule has 1 unspecified atom stereocenters. The van der Waals surface area contributed by atoms with E-state index < -0.39 is 6.17 Å². The zero-order valence-electron chi connectivity index (χ0n) is 8.93. The lowest BCUT2D eigenvalue weighted by atomic mass is 10.1. The molecule has 1 aromatic rings. The molecule has 0 aliphatic carbocycles. The van der Waals surface area contributed by atoms with Crippen molar-refractivity contribution in [3.63, 3.8) is 0 Å². The standard InChI is InChI=1S/C10H14N4O2/c1-14-7-4-6(10(11)13-12)2-3-8(7)16-5-9(14)15/h2-4,10,13H,5,11-12H2,1H3. The Bertz CT molecular complexity index is 421. The predicted molar refractivity (Wildman–Crippen MR) is 59.6 cm³/mol. The van der Waals surface area contributed by atoms with Gasteiger partial charge in [0.05, 0.1) is 11.9 Å². The number of hydrazine groups is 1. The molecular weight excluding hydrogens is 208 g/mol. The first kappa shape index (κ1) is 10.9. The summed E-state index contributed by atoms with van der Waals surface area (Å²) >= 11 is 0. The summed E-state index contributed by atoms with van der Waals surface area (Å²) in [5.41, 5.74) is 9.68. The van der Waals surface area contributed by atoms with E-state index in [2.05, 4.69) is 5.43 Å². The number of amides is 1. The molecule has 0 bridgehead atoms. The van der Waals surface area contributed by atoms with E-state index in [1.807, 2.05) is 6.07 Å². The normalized spacial score (nSPS) is 16.7. The van der Waals surface area contributed by atoms with Crippen molar-refractivity contribution in [2.75, 3.05) is 18.6 Å². The second-order valence-electron chi connectivity index (χ2n) is 3.61. The Balaban J connectivity index is 2.40. The number of benzene rings is 1. The van der Waals surface area contributed by atoms with E-state index in [9.17, 15) is 4.79 Å². The molecule has 0 fully saturated rings. The molecule has 86 valence electrons. The Labute approximate surface area is 93.1 Å². The highest BCUT2D eigenvalue weighted by Crippen LogP contribution is 2.32. The third-order valence-electron chi connectivity index (χ3n) is 2.61. The molecule has 0 saturated carbocycles. The van der Waals surface area contributed by atoms with Gasteiger partial charge < -0.3 is 15.4 Å². The molecule has 1 heterocycles. The van der Waals surface area contributed by atoms with E-state index in [1.165, 1.54) is 0 Å². The average Bonchev–Trinajstić information content (AvgIpc) is 2.32. The van der Waals surface area contributed by atoms with E-state index in [4.69, 9.17) is 16.3 Å². The molecule has 1 atom stereocenters. The lowest BCUT2D eigenvalue weighted by Crippen LogP contribution is -2.37. The van der Waals surface area contributed by atoms with Crippen LogP contribution in [0.15, 0.2) is 18.2 Å². The third-order valence-corrected chi connectivity index (χ3v) is 2.61. The van der Waals surface area contributed by atoms with Crippen LogP contribution in [0.2, 0.25) is 0 Å². The third kappa shape index (κ3) is 1.73. The van der Waals surface area contributed by atoms with E-state index in [0.717, 1.165) is 5.56 Å². The second-order valence-corrected chi connectivity index (χ2v) is 3.61. The molecule has 1 aromatic carbocycles. The molecule has 1 aliphatic rings.